The van der Waals surface area contributed by atoms with Gasteiger partial charge in [-0.2, -0.15) is 5.26 Å². The first-order valence-corrected chi connectivity index (χ1v) is 6.35. The number of rotatable bonds is 4. The topological polar surface area (TPSA) is 50.1 Å². The standard InChI is InChI=1S/C17H15NO2/c1-20-17(19)16(14-10-6-3-7-11-14)15(12-18)13-8-4-2-5-9-13/h2-11,15-16H,1H3/t15-,16+/m1/s1. The molecule has 2 rings (SSSR count). The van der Waals surface area contributed by atoms with E-state index in [0.29, 0.717) is 0 Å². The third kappa shape index (κ3) is 2.86. The first kappa shape index (κ1) is 13.8. The van der Waals surface area contributed by atoms with Crippen LogP contribution in [0.2, 0.25) is 0 Å². The van der Waals surface area contributed by atoms with E-state index in [1.165, 1.54) is 7.11 Å². The number of nitriles is 1. The lowest BCUT2D eigenvalue weighted by molar-refractivity contribution is -0.142. The van der Waals surface area contributed by atoms with Gasteiger partial charge in [-0.15, -0.1) is 0 Å². The van der Waals surface area contributed by atoms with Crippen LogP contribution in [0.15, 0.2) is 60.7 Å². The minimum atomic E-state index is -0.617. The van der Waals surface area contributed by atoms with Crippen molar-refractivity contribution < 1.29 is 9.53 Å². The average Bonchev–Trinajstić information content (AvgIpc) is 2.53. The van der Waals surface area contributed by atoms with Crippen molar-refractivity contribution in [2.75, 3.05) is 7.11 Å². The third-order valence-electron chi connectivity index (χ3n) is 3.24. The van der Waals surface area contributed by atoms with Gasteiger partial charge < -0.3 is 4.74 Å². The molecule has 2 atom stereocenters. The highest BCUT2D eigenvalue weighted by atomic mass is 16.5. The maximum Gasteiger partial charge on any atom is 0.314 e. The summed E-state index contributed by atoms with van der Waals surface area (Å²) in [6.07, 6.45) is 0. The molecule has 0 heterocycles. The van der Waals surface area contributed by atoms with E-state index < -0.39 is 17.8 Å². The Kier molecular flexibility index (Phi) is 4.52. The van der Waals surface area contributed by atoms with Gasteiger partial charge in [0.05, 0.1) is 19.1 Å². The fourth-order valence-corrected chi connectivity index (χ4v) is 2.25. The van der Waals surface area contributed by atoms with Gasteiger partial charge in [0.25, 0.3) is 0 Å². The van der Waals surface area contributed by atoms with E-state index in [0.717, 1.165) is 11.1 Å². The van der Waals surface area contributed by atoms with Gasteiger partial charge in [-0.25, -0.2) is 0 Å². The molecule has 3 nitrogen and oxygen atoms in total. The van der Waals surface area contributed by atoms with Crippen molar-refractivity contribution >= 4 is 5.97 Å². The number of methoxy groups -OCH3 is 1. The van der Waals surface area contributed by atoms with E-state index in [4.69, 9.17) is 4.74 Å². The molecule has 0 aromatic heterocycles. The molecule has 0 aliphatic carbocycles. The molecule has 0 unspecified atom stereocenters. The van der Waals surface area contributed by atoms with E-state index in [1.54, 1.807) is 0 Å². The monoisotopic (exact) mass is 265 g/mol. The van der Waals surface area contributed by atoms with Crippen molar-refractivity contribution in [2.45, 2.75) is 11.8 Å². The van der Waals surface area contributed by atoms with Gasteiger partial charge in [0.15, 0.2) is 0 Å². The molecule has 0 N–H and O–H groups in total. The van der Waals surface area contributed by atoms with Gasteiger partial charge in [0, 0.05) is 0 Å². The van der Waals surface area contributed by atoms with Gasteiger partial charge >= 0.3 is 5.97 Å². The number of esters is 1. The number of hydrogen-bond acceptors (Lipinski definition) is 3. The predicted octanol–water partition coefficient (Wildman–Crippen LogP) is 3.25. The molecule has 2 aromatic carbocycles. The van der Waals surface area contributed by atoms with Crippen molar-refractivity contribution in [1.82, 2.24) is 0 Å². The Bertz CT molecular complexity index is 602. The number of benzene rings is 2. The molecule has 0 bridgehead atoms. The molecule has 100 valence electrons. The maximum absolute atomic E-state index is 12.1. The molecular weight excluding hydrogens is 250 g/mol. The smallest absolute Gasteiger partial charge is 0.314 e. The number of carbonyl (C=O) groups is 1. The molecule has 20 heavy (non-hydrogen) atoms. The number of carbonyl (C=O) groups excluding carboxylic acids is 1. The normalized spacial score (nSPS) is 13.0. The lowest BCUT2D eigenvalue weighted by atomic mass is 9.82. The highest BCUT2D eigenvalue weighted by Gasteiger charge is 2.31. The van der Waals surface area contributed by atoms with Gasteiger partial charge in [0.2, 0.25) is 0 Å². The lowest BCUT2D eigenvalue weighted by Gasteiger charge is -2.20. The second-order valence-corrected chi connectivity index (χ2v) is 4.43. The highest BCUT2D eigenvalue weighted by Crippen LogP contribution is 2.33. The molecule has 0 aliphatic rings. The Morgan fingerprint density at radius 3 is 1.95 bits per heavy atom. The highest BCUT2D eigenvalue weighted by molar-refractivity contribution is 5.80. The van der Waals surface area contributed by atoms with Gasteiger partial charge in [-0.1, -0.05) is 60.7 Å². The van der Waals surface area contributed by atoms with Crippen LogP contribution in [0.1, 0.15) is 23.0 Å². The summed E-state index contributed by atoms with van der Waals surface area (Å²) in [5, 5.41) is 9.50. The Hall–Kier alpha value is -2.60. The van der Waals surface area contributed by atoms with Crippen molar-refractivity contribution in [3.05, 3.63) is 71.8 Å². The van der Waals surface area contributed by atoms with Crippen LogP contribution in [0.4, 0.5) is 0 Å². The van der Waals surface area contributed by atoms with E-state index in [2.05, 4.69) is 6.07 Å². The molecule has 2 aromatic rings. The molecule has 0 fully saturated rings. The number of hydrogen-bond donors (Lipinski definition) is 0. The zero-order valence-electron chi connectivity index (χ0n) is 11.2. The van der Waals surface area contributed by atoms with Crippen LogP contribution in [0.5, 0.6) is 0 Å². The second kappa shape index (κ2) is 6.53. The second-order valence-electron chi connectivity index (χ2n) is 4.43. The molecule has 0 saturated carbocycles. The van der Waals surface area contributed by atoms with E-state index >= 15 is 0 Å². The summed E-state index contributed by atoms with van der Waals surface area (Å²) in [4.78, 5) is 12.1. The molecular formula is C17H15NO2. The average molecular weight is 265 g/mol. The van der Waals surface area contributed by atoms with Crippen LogP contribution in [-0.2, 0) is 9.53 Å². The van der Waals surface area contributed by atoms with Crippen molar-refractivity contribution in [3.8, 4) is 6.07 Å². The molecule has 0 saturated heterocycles. The number of ether oxygens (including phenoxy) is 1. The Morgan fingerprint density at radius 2 is 1.50 bits per heavy atom. The quantitative estimate of drug-likeness (QED) is 0.797. The minimum absolute atomic E-state index is 0.397. The van der Waals surface area contributed by atoms with Crippen LogP contribution in [0.3, 0.4) is 0 Å². The summed E-state index contributed by atoms with van der Waals surface area (Å²) < 4.78 is 4.88. The Labute approximate surface area is 118 Å². The van der Waals surface area contributed by atoms with Gasteiger partial charge in [0.1, 0.15) is 5.92 Å². The maximum atomic E-state index is 12.1. The number of nitrogens with zero attached hydrogens (tertiary/aromatic N) is 1. The van der Waals surface area contributed by atoms with E-state index in [9.17, 15) is 10.1 Å². The molecule has 3 heteroatoms. The van der Waals surface area contributed by atoms with Crippen molar-refractivity contribution in [1.29, 1.82) is 5.26 Å². The van der Waals surface area contributed by atoms with Crippen LogP contribution in [0, 0.1) is 11.3 Å². The van der Waals surface area contributed by atoms with E-state index in [-0.39, 0.29) is 0 Å². The van der Waals surface area contributed by atoms with Gasteiger partial charge in [-0.05, 0) is 11.1 Å². The first-order valence-electron chi connectivity index (χ1n) is 6.35. The van der Waals surface area contributed by atoms with Crippen LogP contribution < -0.4 is 0 Å². The molecule has 0 spiro atoms. The first-order chi connectivity index (χ1) is 9.77. The van der Waals surface area contributed by atoms with E-state index in [1.807, 2.05) is 60.7 Å². The third-order valence-corrected chi connectivity index (χ3v) is 3.24. The van der Waals surface area contributed by atoms with Crippen molar-refractivity contribution in [2.24, 2.45) is 0 Å². The van der Waals surface area contributed by atoms with Crippen LogP contribution >= 0.6 is 0 Å². The van der Waals surface area contributed by atoms with Crippen molar-refractivity contribution in [3.63, 3.8) is 0 Å². The Morgan fingerprint density at radius 1 is 1.00 bits per heavy atom. The summed E-state index contributed by atoms with van der Waals surface area (Å²) in [6, 6.07) is 20.8. The molecule has 0 amide bonds. The summed E-state index contributed by atoms with van der Waals surface area (Å²) >= 11 is 0. The molecule has 0 radical (unpaired) electrons. The van der Waals surface area contributed by atoms with Crippen LogP contribution in [0.25, 0.3) is 0 Å². The summed E-state index contributed by atoms with van der Waals surface area (Å²) in [5.74, 6) is -1.58. The zero-order chi connectivity index (χ0) is 14.4. The summed E-state index contributed by atoms with van der Waals surface area (Å²) in [7, 11) is 1.34. The zero-order valence-corrected chi connectivity index (χ0v) is 11.2. The van der Waals surface area contributed by atoms with Crippen LogP contribution in [-0.4, -0.2) is 13.1 Å². The predicted molar refractivity (Wildman–Crippen MR) is 76.0 cm³/mol. The SMILES string of the molecule is COC(=O)[C@@H](c1ccccc1)[C@H](C#N)c1ccccc1. The lowest BCUT2D eigenvalue weighted by Crippen LogP contribution is -2.21. The summed E-state index contributed by atoms with van der Waals surface area (Å²) in [6.45, 7) is 0. The van der Waals surface area contributed by atoms with Gasteiger partial charge in [-0.3, -0.25) is 4.79 Å². The fourth-order valence-electron chi connectivity index (χ4n) is 2.25. The summed E-state index contributed by atoms with van der Waals surface area (Å²) in [5.41, 5.74) is 1.60. The Balaban J connectivity index is 2.46. The largest absolute Gasteiger partial charge is 0.469 e. The minimum Gasteiger partial charge on any atom is -0.469 e. The molecule has 0 aliphatic heterocycles. The fraction of sp³-hybridized carbons (Fsp3) is 0.176.